The van der Waals surface area contributed by atoms with Crippen molar-refractivity contribution >= 4 is 35.3 Å². The van der Waals surface area contributed by atoms with Crippen molar-refractivity contribution < 1.29 is 9.90 Å². The lowest BCUT2D eigenvalue weighted by atomic mass is 9.81. The predicted octanol–water partition coefficient (Wildman–Crippen LogP) is 3.40. The molecule has 4 rings (SSSR count). The van der Waals surface area contributed by atoms with E-state index in [4.69, 9.17) is 11.6 Å². The Bertz CT molecular complexity index is 859. The van der Waals surface area contributed by atoms with Crippen molar-refractivity contribution in [1.82, 2.24) is 25.1 Å². The van der Waals surface area contributed by atoms with Gasteiger partial charge in [-0.2, -0.15) is 10.1 Å². The molecule has 10 heteroatoms. The average molecular weight is 406 g/mol. The lowest BCUT2D eigenvalue weighted by molar-refractivity contribution is 0.0351. The zero-order chi connectivity index (χ0) is 19.8. The lowest BCUT2D eigenvalue weighted by Gasteiger charge is -2.49. The van der Waals surface area contributed by atoms with Crippen molar-refractivity contribution in [3.05, 3.63) is 23.0 Å². The molecule has 0 radical (unpaired) electrons. The van der Waals surface area contributed by atoms with Gasteiger partial charge in [-0.05, 0) is 39.0 Å². The molecule has 2 aromatic rings. The number of aromatic nitrogens is 4. The molecule has 0 spiro atoms. The van der Waals surface area contributed by atoms with Crippen LogP contribution < -0.4 is 10.2 Å². The van der Waals surface area contributed by atoms with E-state index in [1.165, 1.54) is 0 Å². The zero-order valence-electron chi connectivity index (χ0n) is 15.9. The smallest absolute Gasteiger partial charge is 0.407 e. The number of hydrogen-bond acceptors (Lipinski definition) is 6. The highest BCUT2D eigenvalue weighted by atomic mass is 35.5. The van der Waals surface area contributed by atoms with E-state index in [9.17, 15) is 9.90 Å². The largest absolute Gasteiger partial charge is 0.465 e. The normalized spacial score (nSPS) is 24.1. The van der Waals surface area contributed by atoms with Crippen LogP contribution in [-0.4, -0.2) is 61.4 Å². The molecule has 2 aromatic heterocycles. The van der Waals surface area contributed by atoms with Crippen molar-refractivity contribution in [1.29, 1.82) is 0 Å². The fourth-order valence-electron chi connectivity index (χ4n) is 4.39. The SMILES string of the molecule is Cc1cc(Nc2cc(Cl)nc(N(C)C3C[C@H]4CCC[C@@H](C3)N4C(=O)O)n2)n[nH]1. The number of carboxylic acid groups (broad SMARTS) is 1. The van der Waals surface area contributed by atoms with Gasteiger partial charge in [-0.1, -0.05) is 11.6 Å². The number of carbonyl (C=O) groups is 1. The number of nitrogens with one attached hydrogen (secondary N) is 2. The summed E-state index contributed by atoms with van der Waals surface area (Å²) < 4.78 is 0. The van der Waals surface area contributed by atoms with Gasteiger partial charge < -0.3 is 20.2 Å². The van der Waals surface area contributed by atoms with E-state index >= 15 is 0 Å². The molecular weight excluding hydrogens is 382 g/mol. The first-order chi connectivity index (χ1) is 13.4. The quantitative estimate of drug-likeness (QED) is 0.668. The first kappa shape index (κ1) is 18.8. The number of anilines is 3. The number of nitrogens with zero attached hydrogens (tertiary/aromatic N) is 5. The van der Waals surface area contributed by atoms with E-state index in [0.717, 1.165) is 37.8 Å². The van der Waals surface area contributed by atoms with Crippen LogP contribution in [0.2, 0.25) is 5.15 Å². The fraction of sp³-hybridized carbons (Fsp3) is 0.556. The average Bonchev–Trinajstić information content (AvgIpc) is 3.04. The van der Waals surface area contributed by atoms with E-state index in [2.05, 4.69) is 25.5 Å². The zero-order valence-corrected chi connectivity index (χ0v) is 16.6. The minimum Gasteiger partial charge on any atom is -0.465 e. The molecule has 3 atom stereocenters. The van der Waals surface area contributed by atoms with Gasteiger partial charge in [0.05, 0.1) is 0 Å². The number of piperidine rings is 2. The van der Waals surface area contributed by atoms with Crippen LogP contribution >= 0.6 is 11.6 Å². The molecular formula is C18H24ClN7O2. The number of hydrogen-bond donors (Lipinski definition) is 3. The third-order valence-electron chi connectivity index (χ3n) is 5.68. The van der Waals surface area contributed by atoms with E-state index in [1.54, 1.807) is 11.0 Å². The van der Waals surface area contributed by atoms with Gasteiger partial charge in [-0.3, -0.25) is 5.10 Å². The van der Waals surface area contributed by atoms with Crippen LogP contribution in [0, 0.1) is 6.92 Å². The molecule has 28 heavy (non-hydrogen) atoms. The van der Waals surface area contributed by atoms with Gasteiger partial charge in [0.2, 0.25) is 5.95 Å². The molecule has 0 aromatic carbocycles. The van der Waals surface area contributed by atoms with E-state index in [0.29, 0.717) is 22.7 Å². The van der Waals surface area contributed by atoms with E-state index in [-0.39, 0.29) is 18.1 Å². The number of aromatic amines is 1. The highest BCUT2D eigenvalue weighted by Gasteiger charge is 2.42. The Labute approximate surface area is 168 Å². The molecule has 1 amide bonds. The third kappa shape index (κ3) is 3.71. The second-order valence-electron chi connectivity index (χ2n) is 7.60. The molecule has 150 valence electrons. The standard InChI is InChI=1S/C18H24ClN7O2/c1-10-6-16(24-23-10)21-15-9-14(19)20-17(22-15)25(2)13-7-11-4-3-5-12(8-13)26(11)18(27)28/h6,9,11-13H,3-5,7-8H2,1-2H3,(H,27,28)(H2,20,21,22,23,24)/t11-,12+,13?. The summed E-state index contributed by atoms with van der Waals surface area (Å²) in [5, 5.41) is 20.1. The Morgan fingerprint density at radius 3 is 2.61 bits per heavy atom. The van der Waals surface area contributed by atoms with Crippen molar-refractivity contribution in [2.75, 3.05) is 17.3 Å². The molecule has 0 aliphatic carbocycles. The molecule has 2 aliphatic heterocycles. The summed E-state index contributed by atoms with van der Waals surface area (Å²) in [6.07, 6.45) is 3.65. The lowest BCUT2D eigenvalue weighted by Crippen LogP contribution is -2.58. The number of rotatable bonds is 4. The fourth-order valence-corrected chi connectivity index (χ4v) is 4.56. The van der Waals surface area contributed by atoms with Crippen LogP contribution in [0.25, 0.3) is 0 Å². The van der Waals surface area contributed by atoms with Crippen LogP contribution in [0.4, 0.5) is 22.4 Å². The maximum absolute atomic E-state index is 11.6. The van der Waals surface area contributed by atoms with E-state index in [1.807, 2.05) is 24.9 Å². The summed E-state index contributed by atoms with van der Waals surface area (Å²) in [5.41, 5.74) is 0.941. The Morgan fingerprint density at radius 2 is 2.00 bits per heavy atom. The molecule has 9 nitrogen and oxygen atoms in total. The van der Waals surface area contributed by atoms with Crippen molar-refractivity contribution in [2.45, 2.75) is 57.2 Å². The van der Waals surface area contributed by atoms with Crippen molar-refractivity contribution in [2.24, 2.45) is 0 Å². The van der Waals surface area contributed by atoms with Crippen LogP contribution in [0.5, 0.6) is 0 Å². The second kappa shape index (κ2) is 7.46. The van der Waals surface area contributed by atoms with Crippen molar-refractivity contribution in [3.63, 3.8) is 0 Å². The summed E-state index contributed by atoms with van der Waals surface area (Å²) in [4.78, 5) is 24.3. The van der Waals surface area contributed by atoms with Gasteiger partial charge in [-0.15, -0.1) is 0 Å². The molecule has 2 aliphatic rings. The number of aryl methyl sites for hydroxylation is 1. The van der Waals surface area contributed by atoms with Gasteiger partial charge in [0, 0.05) is 43.0 Å². The minimum absolute atomic E-state index is 0.0567. The second-order valence-corrected chi connectivity index (χ2v) is 7.99. The van der Waals surface area contributed by atoms with Gasteiger partial charge >= 0.3 is 6.09 Å². The number of halogens is 1. The number of fused-ring (bicyclic) bond motifs is 2. The Balaban J connectivity index is 1.53. The Kier molecular flexibility index (Phi) is 5.01. The summed E-state index contributed by atoms with van der Waals surface area (Å²) in [5.74, 6) is 1.75. The van der Waals surface area contributed by atoms with Crippen molar-refractivity contribution in [3.8, 4) is 0 Å². The topological polar surface area (TPSA) is 110 Å². The highest BCUT2D eigenvalue weighted by Crippen LogP contribution is 2.36. The Morgan fingerprint density at radius 1 is 1.29 bits per heavy atom. The third-order valence-corrected chi connectivity index (χ3v) is 5.87. The molecule has 4 heterocycles. The molecule has 0 saturated carbocycles. The highest BCUT2D eigenvalue weighted by molar-refractivity contribution is 6.29. The molecule has 1 unspecified atom stereocenters. The summed E-state index contributed by atoms with van der Waals surface area (Å²) in [7, 11) is 1.95. The predicted molar refractivity (Wildman–Crippen MR) is 106 cm³/mol. The maximum atomic E-state index is 11.6. The molecule has 2 fully saturated rings. The van der Waals surface area contributed by atoms with Crippen LogP contribution in [-0.2, 0) is 0 Å². The number of H-pyrrole nitrogens is 1. The van der Waals surface area contributed by atoms with Gasteiger partial charge in [0.1, 0.15) is 11.0 Å². The first-order valence-corrected chi connectivity index (χ1v) is 9.86. The molecule has 2 saturated heterocycles. The van der Waals surface area contributed by atoms with Gasteiger partial charge in [0.15, 0.2) is 5.82 Å². The van der Waals surface area contributed by atoms with Gasteiger partial charge in [-0.25, -0.2) is 9.78 Å². The van der Waals surface area contributed by atoms with Crippen LogP contribution in [0.1, 0.15) is 37.8 Å². The van der Waals surface area contributed by atoms with Crippen LogP contribution in [0.15, 0.2) is 12.1 Å². The molecule has 3 N–H and O–H groups in total. The summed E-state index contributed by atoms with van der Waals surface area (Å²) in [6, 6.07) is 3.82. The first-order valence-electron chi connectivity index (χ1n) is 9.48. The molecule has 2 bridgehead atoms. The monoisotopic (exact) mass is 405 g/mol. The minimum atomic E-state index is -0.810. The summed E-state index contributed by atoms with van der Waals surface area (Å²) in [6.45, 7) is 1.92. The summed E-state index contributed by atoms with van der Waals surface area (Å²) >= 11 is 6.23. The van der Waals surface area contributed by atoms with E-state index < -0.39 is 6.09 Å². The van der Waals surface area contributed by atoms with Gasteiger partial charge in [0.25, 0.3) is 0 Å². The maximum Gasteiger partial charge on any atom is 0.407 e. The Hall–Kier alpha value is -2.55. The number of amides is 1. The van der Waals surface area contributed by atoms with Crippen LogP contribution in [0.3, 0.4) is 0 Å².